The zero-order chi connectivity index (χ0) is 31.5. The van der Waals surface area contributed by atoms with Gasteiger partial charge in [-0.15, -0.1) is 0 Å². The predicted molar refractivity (Wildman–Crippen MR) is 163 cm³/mol. The van der Waals surface area contributed by atoms with Crippen LogP contribution in [-0.2, 0) is 23.9 Å². The topological polar surface area (TPSA) is 108 Å². The smallest absolute Gasteiger partial charge is 0.338 e. The maximum atomic E-state index is 14.8. The van der Waals surface area contributed by atoms with Crippen LogP contribution >= 0.6 is 11.6 Å². The van der Waals surface area contributed by atoms with Gasteiger partial charge in [-0.1, -0.05) is 41.9 Å². The Morgan fingerprint density at radius 2 is 1.68 bits per heavy atom. The van der Waals surface area contributed by atoms with Crippen molar-refractivity contribution in [1.82, 2.24) is 0 Å². The van der Waals surface area contributed by atoms with Gasteiger partial charge in [0.15, 0.2) is 5.78 Å². The van der Waals surface area contributed by atoms with Crippen LogP contribution in [0.25, 0.3) is 0 Å². The second-order valence-electron chi connectivity index (χ2n) is 10.4. The third kappa shape index (κ3) is 5.67. The SMILES string of the molecule is CCOC(=O)C1=C(N)N(c2cccc(F)c2)C2=C(C(=O)[C@H](C(=O)OCC)[C@H](c3cccc(OC)c3)C2)[C@H]1c1cccc(Cl)c1. The van der Waals surface area contributed by atoms with Crippen molar-refractivity contribution in [2.75, 3.05) is 25.2 Å². The van der Waals surface area contributed by atoms with E-state index in [4.69, 9.17) is 31.5 Å². The molecule has 3 aromatic rings. The Labute approximate surface area is 259 Å². The van der Waals surface area contributed by atoms with E-state index in [1.807, 2.05) is 6.07 Å². The molecule has 10 heteroatoms. The number of ketones is 1. The molecule has 228 valence electrons. The van der Waals surface area contributed by atoms with Gasteiger partial charge in [0.2, 0.25) is 0 Å². The van der Waals surface area contributed by atoms with E-state index < -0.39 is 41.3 Å². The molecular formula is C34H32ClFN2O6. The van der Waals surface area contributed by atoms with E-state index in [1.54, 1.807) is 62.4 Å². The van der Waals surface area contributed by atoms with E-state index in [0.29, 0.717) is 33.3 Å². The minimum Gasteiger partial charge on any atom is -0.497 e. The van der Waals surface area contributed by atoms with Gasteiger partial charge in [0, 0.05) is 22.2 Å². The molecule has 0 unspecified atom stereocenters. The number of allylic oxidation sites excluding steroid dienone is 2. The Hall–Kier alpha value is -4.63. The number of rotatable bonds is 8. The van der Waals surface area contributed by atoms with Gasteiger partial charge in [0.25, 0.3) is 0 Å². The Kier molecular flexibility index (Phi) is 9.06. The molecule has 0 spiro atoms. The Bertz CT molecular complexity index is 1690. The summed E-state index contributed by atoms with van der Waals surface area (Å²) in [5.74, 6) is -4.97. The van der Waals surface area contributed by atoms with Gasteiger partial charge in [-0.05, 0) is 73.9 Å². The third-order valence-electron chi connectivity index (χ3n) is 7.84. The van der Waals surface area contributed by atoms with Crippen molar-refractivity contribution in [2.45, 2.75) is 32.1 Å². The van der Waals surface area contributed by atoms with Gasteiger partial charge in [-0.2, -0.15) is 0 Å². The summed E-state index contributed by atoms with van der Waals surface area (Å²) in [6, 6.07) is 19.5. The lowest BCUT2D eigenvalue weighted by atomic mass is 9.67. The van der Waals surface area contributed by atoms with Gasteiger partial charge in [0.05, 0.1) is 37.5 Å². The van der Waals surface area contributed by atoms with Gasteiger partial charge in [-0.25, -0.2) is 9.18 Å². The van der Waals surface area contributed by atoms with Crippen LogP contribution in [0.15, 0.2) is 95.5 Å². The summed E-state index contributed by atoms with van der Waals surface area (Å²) in [5, 5.41) is 0.374. The molecule has 0 amide bonds. The molecule has 44 heavy (non-hydrogen) atoms. The molecule has 0 bridgehead atoms. The van der Waals surface area contributed by atoms with Crippen LogP contribution in [-0.4, -0.2) is 38.0 Å². The molecule has 8 nitrogen and oxygen atoms in total. The summed E-state index contributed by atoms with van der Waals surface area (Å²) >= 11 is 6.39. The number of hydrogen-bond donors (Lipinski definition) is 1. The number of nitrogens with zero attached hydrogens (tertiary/aromatic N) is 1. The van der Waals surface area contributed by atoms with E-state index in [2.05, 4.69) is 0 Å². The van der Waals surface area contributed by atoms with Crippen molar-refractivity contribution in [1.29, 1.82) is 0 Å². The van der Waals surface area contributed by atoms with Crippen molar-refractivity contribution in [3.63, 3.8) is 0 Å². The molecule has 1 aliphatic heterocycles. The van der Waals surface area contributed by atoms with E-state index in [0.717, 1.165) is 0 Å². The number of esters is 2. The number of anilines is 1. The van der Waals surface area contributed by atoms with Gasteiger partial charge >= 0.3 is 11.9 Å². The minimum atomic E-state index is -1.25. The number of carbonyl (C=O) groups is 3. The highest BCUT2D eigenvalue weighted by Gasteiger charge is 2.51. The molecule has 3 atom stereocenters. The summed E-state index contributed by atoms with van der Waals surface area (Å²) in [7, 11) is 1.53. The molecule has 0 saturated carbocycles. The molecule has 5 rings (SSSR count). The number of hydrogen-bond acceptors (Lipinski definition) is 8. The number of nitrogens with two attached hydrogens (primary N) is 1. The first kappa shape index (κ1) is 30.8. The second-order valence-corrected chi connectivity index (χ2v) is 10.8. The lowest BCUT2D eigenvalue weighted by molar-refractivity contribution is -0.152. The normalized spacial score (nSPS) is 19.9. The van der Waals surface area contributed by atoms with Crippen LogP contribution < -0.4 is 15.4 Å². The molecule has 0 radical (unpaired) electrons. The van der Waals surface area contributed by atoms with E-state index >= 15 is 0 Å². The summed E-state index contributed by atoms with van der Waals surface area (Å²) in [6.45, 7) is 3.43. The van der Waals surface area contributed by atoms with Crippen molar-refractivity contribution < 1.29 is 33.0 Å². The first-order valence-electron chi connectivity index (χ1n) is 14.3. The van der Waals surface area contributed by atoms with Crippen molar-refractivity contribution in [3.8, 4) is 5.75 Å². The largest absolute Gasteiger partial charge is 0.497 e. The highest BCUT2D eigenvalue weighted by Crippen LogP contribution is 2.52. The third-order valence-corrected chi connectivity index (χ3v) is 8.08. The van der Waals surface area contributed by atoms with Crippen LogP contribution in [0, 0.1) is 11.7 Å². The van der Waals surface area contributed by atoms with Crippen LogP contribution in [0.2, 0.25) is 5.02 Å². The molecule has 2 aliphatic rings. The highest BCUT2D eigenvalue weighted by atomic mass is 35.5. The van der Waals surface area contributed by atoms with Crippen LogP contribution in [0.5, 0.6) is 5.75 Å². The maximum absolute atomic E-state index is 14.8. The van der Waals surface area contributed by atoms with Crippen LogP contribution in [0.1, 0.15) is 43.2 Å². The van der Waals surface area contributed by atoms with Gasteiger partial charge < -0.3 is 19.9 Å². The number of carbonyl (C=O) groups excluding carboxylic acids is 3. The molecular weight excluding hydrogens is 587 g/mol. The van der Waals surface area contributed by atoms with Crippen LogP contribution in [0.4, 0.5) is 10.1 Å². The van der Waals surface area contributed by atoms with Gasteiger partial charge in [-0.3, -0.25) is 14.5 Å². The Morgan fingerprint density at radius 1 is 0.977 bits per heavy atom. The fourth-order valence-electron chi connectivity index (χ4n) is 6.05. The average Bonchev–Trinajstić information content (AvgIpc) is 3.00. The zero-order valence-corrected chi connectivity index (χ0v) is 25.3. The first-order valence-corrected chi connectivity index (χ1v) is 14.6. The molecule has 0 aromatic heterocycles. The lowest BCUT2D eigenvalue weighted by Gasteiger charge is -2.44. The van der Waals surface area contributed by atoms with E-state index in [1.165, 1.54) is 30.2 Å². The minimum absolute atomic E-state index is 0.0204. The first-order chi connectivity index (χ1) is 21.2. The van der Waals surface area contributed by atoms with Gasteiger partial charge in [0.1, 0.15) is 23.3 Å². The fraction of sp³-hybridized carbons (Fsp3) is 0.265. The van der Waals surface area contributed by atoms with E-state index in [-0.39, 0.29) is 36.6 Å². The highest BCUT2D eigenvalue weighted by molar-refractivity contribution is 6.30. The van der Waals surface area contributed by atoms with Crippen molar-refractivity contribution >= 4 is 35.0 Å². The predicted octanol–water partition coefficient (Wildman–Crippen LogP) is 6.01. The number of methoxy groups -OCH3 is 1. The standard InChI is InChI=1S/C34H32ClFN2O6/c1-4-43-33(40)28-25(19-9-7-14-24(16-19)42-3)18-26-29(31(28)39)27(20-10-6-11-21(35)15-20)30(34(41)44-5-2)32(37)38(26)23-13-8-12-22(36)17-23/h6-17,25,27-28H,4-5,18,37H2,1-3H3/t25-,27+,28+/m0/s1. The summed E-state index contributed by atoms with van der Waals surface area (Å²) in [6.07, 6.45) is 0.127. The Morgan fingerprint density at radius 3 is 2.36 bits per heavy atom. The summed E-state index contributed by atoms with van der Waals surface area (Å²) in [5.41, 5.74) is 8.85. The quantitative estimate of drug-likeness (QED) is 0.241. The van der Waals surface area contributed by atoms with E-state index in [9.17, 15) is 18.8 Å². The summed E-state index contributed by atoms with van der Waals surface area (Å²) < 4.78 is 30.9. The fourth-order valence-corrected chi connectivity index (χ4v) is 6.25. The van der Waals surface area contributed by atoms with Crippen LogP contribution in [0.3, 0.4) is 0 Å². The second kappa shape index (κ2) is 12.9. The average molecular weight is 619 g/mol. The molecule has 0 fully saturated rings. The monoisotopic (exact) mass is 618 g/mol. The maximum Gasteiger partial charge on any atom is 0.338 e. The number of Topliss-reactive ketones (excluding diaryl/α,β-unsaturated/α-hetero) is 1. The zero-order valence-electron chi connectivity index (χ0n) is 24.5. The van der Waals surface area contributed by atoms with Crippen molar-refractivity contribution in [3.05, 3.63) is 117 Å². The Balaban J connectivity index is 1.83. The lowest BCUT2D eigenvalue weighted by Crippen LogP contribution is -2.46. The molecule has 3 aromatic carbocycles. The molecule has 1 heterocycles. The number of ether oxygens (including phenoxy) is 3. The van der Waals surface area contributed by atoms with Crippen molar-refractivity contribution in [2.24, 2.45) is 11.7 Å². The number of halogens is 2. The summed E-state index contributed by atoms with van der Waals surface area (Å²) in [4.78, 5) is 43.6. The molecule has 1 aliphatic carbocycles. The molecule has 2 N–H and O–H groups in total. The molecule has 0 saturated heterocycles. The number of benzene rings is 3.